The standard InChI is InChI=1S/C70H118N2O26/c1-14-32(6)39(71-48(81)24-37(77)22-41(33(7)15-2)93-63-57(88)53(84)43(28-74)95-63)21-36(76)23-49(82)72-51-42(27-73)94-64(60(54(51)85)97-62-58(89)55(86)59(35(9)92-62)96-61-56(87)52(83)40(78)29-91-61)98-65(90)69(19-17-31(4)5)34(8)50-38-25-45-66(10,11)44(67(12,30-75)46(79)16-3)18-20-70(38,45)68(50,13)26-47(69)80/h30-37,39-47,51-64,73-74,76-80,83-89H,14-29H2,1-13H3,(H,71,81)(H,72,82)/t32-,33-,34?,35+,36-,37-,39-,40+,41-,42+,43-,44+,45?,46?,47-,51?,52?,53?,54?,55?,56?,57?,58?,59?,60?,61-,62-,63+,64-,67?,68+,69?,70-/m0/s1. The Hall–Kier alpha value is -3.02. The Morgan fingerprint density at radius 2 is 1.32 bits per heavy atom. The number of carbonyl (C=O) groups excluding carboxylic acids is 4. The van der Waals surface area contributed by atoms with Crippen molar-refractivity contribution in [2.45, 2.75) is 321 Å². The van der Waals surface area contributed by atoms with E-state index >= 15 is 4.79 Å². The monoisotopic (exact) mass is 1400 g/mol. The molecule has 28 heteroatoms. The molecule has 4 heterocycles. The molecule has 0 bridgehead atoms. The lowest BCUT2D eigenvalue weighted by molar-refractivity contribution is -0.370. The number of esters is 1. The number of aldehydes is 1. The molecule has 8 rings (SSSR count). The summed E-state index contributed by atoms with van der Waals surface area (Å²) in [7, 11) is 0. The van der Waals surface area contributed by atoms with Crippen LogP contribution in [0, 0.1) is 62.6 Å². The summed E-state index contributed by atoms with van der Waals surface area (Å²) in [6.07, 6.45) is -29.6. The highest BCUT2D eigenvalue weighted by atomic mass is 16.8. The maximum absolute atomic E-state index is 15.8. The van der Waals surface area contributed by atoms with Gasteiger partial charge in [-0.05, 0) is 99.2 Å². The van der Waals surface area contributed by atoms with Crippen LogP contribution >= 0.6 is 0 Å². The Morgan fingerprint density at radius 3 is 1.92 bits per heavy atom. The molecule has 33 atom stereocenters. The summed E-state index contributed by atoms with van der Waals surface area (Å²) in [5.41, 5.74) is -1.75. The molecule has 4 aliphatic carbocycles. The molecule has 0 radical (unpaired) electrons. The molecule has 3 saturated carbocycles. The molecule has 0 aromatic rings. The summed E-state index contributed by atoms with van der Waals surface area (Å²) in [4.78, 5) is 56.6. The van der Waals surface area contributed by atoms with E-state index in [9.17, 15) is 85.9 Å². The lowest BCUT2D eigenvalue weighted by Crippen LogP contribution is -2.75. The third-order valence-corrected chi connectivity index (χ3v) is 25.0. The van der Waals surface area contributed by atoms with Gasteiger partial charge in [-0.1, -0.05) is 107 Å². The molecule has 98 heavy (non-hydrogen) atoms. The van der Waals surface area contributed by atoms with Gasteiger partial charge in [-0.3, -0.25) is 14.4 Å². The van der Waals surface area contributed by atoms with Crippen molar-refractivity contribution >= 4 is 24.1 Å². The van der Waals surface area contributed by atoms with Gasteiger partial charge >= 0.3 is 5.97 Å². The smallest absolute Gasteiger partial charge is 0.317 e. The second kappa shape index (κ2) is 32.1. The molecule has 28 nitrogen and oxygen atoms in total. The van der Waals surface area contributed by atoms with Crippen LogP contribution in [0.3, 0.4) is 0 Å². The zero-order valence-electron chi connectivity index (χ0n) is 59.4. The first-order valence-electron chi connectivity index (χ1n) is 35.9. The number of aliphatic hydroxyl groups is 14. The van der Waals surface area contributed by atoms with Gasteiger partial charge in [0.2, 0.25) is 18.1 Å². The number of nitrogens with one attached hydrogen (secondary N) is 2. The molecule has 564 valence electrons. The summed E-state index contributed by atoms with van der Waals surface area (Å²) >= 11 is 0. The Balaban J connectivity index is 1.02. The number of carbonyl (C=O) groups is 4. The normalized spacial score (nSPS) is 42.7. The minimum Gasteiger partial charge on any atom is -0.432 e. The zero-order chi connectivity index (χ0) is 72.8. The molecule has 0 aromatic carbocycles. The van der Waals surface area contributed by atoms with Crippen molar-refractivity contribution < 1.29 is 129 Å². The third kappa shape index (κ3) is 15.0. The predicted octanol–water partition coefficient (Wildman–Crippen LogP) is 0.0103. The van der Waals surface area contributed by atoms with Crippen LogP contribution in [0.25, 0.3) is 0 Å². The highest BCUT2D eigenvalue weighted by Crippen LogP contribution is 2.85. The van der Waals surface area contributed by atoms with Crippen molar-refractivity contribution in [3.8, 4) is 0 Å². The van der Waals surface area contributed by atoms with Crippen LogP contribution in [0.1, 0.15) is 173 Å². The van der Waals surface area contributed by atoms with Crippen LogP contribution in [-0.2, 0) is 57.1 Å². The van der Waals surface area contributed by atoms with Crippen molar-refractivity contribution in [1.82, 2.24) is 10.6 Å². The summed E-state index contributed by atoms with van der Waals surface area (Å²) in [5, 5.41) is 161. The van der Waals surface area contributed by atoms with E-state index in [0.717, 1.165) is 11.9 Å². The van der Waals surface area contributed by atoms with Crippen LogP contribution in [0.2, 0.25) is 0 Å². The van der Waals surface area contributed by atoms with Crippen LogP contribution in [0.4, 0.5) is 0 Å². The minimum absolute atomic E-state index is 0.0304. The first kappa shape index (κ1) is 80.7. The first-order valence-corrected chi connectivity index (χ1v) is 35.9. The van der Waals surface area contributed by atoms with Gasteiger partial charge in [-0.15, -0.1) is 0 Å². The molecule has 8 aliphatic rings. The SMILES string of the molecule is CCC(O)C(C)(C=O)[C@@H]1CC[C@@]23C(=C4C(C)C(CCC(C)C)(C(=O)O[C@@H]5O[C@H](CO)C(NC(=O)C[C@@H](O)C[C@H](NC(=O)C[C@@H](O)C[C@H](O[C@@H]6O[C@@H](CO)C(O)C6O)[C@@H](C)CC)[C@@H](C)CC)C(O)C5O[C@@H]5O[C@H](C)C(O[C@@H]6OC[C@@H](O)C(O)C6O)C(O)C5O)[C@@H](O)C[C@]42C)CC3C1(C)C. The summed E-state index contributed by atoms with van der Waals surface area (Å²) in [6, 6.07) is -2.37. The fourth-order valence-corrected chi connectivity index (χ4v) is 18.6. The maximum atomic E-state index is 15.8. The van der Waals surface area contributed by atoms with Gasteiger partial charge in [-0.25, -0.2) is 0 Å². The Labute approximate surface area is 575 Å². The molecule has 16 N–H and O–H groups in total. The highest BCUT2D eigenvalue weighted by Gasteiger charge is 2.80. The van der Waals surface area contributed by atoms with Crippen molar-refractivity contribution in [2.75, 3.05) is 19.8 Å². The van der Waals surface area contributed by atoms with E-state index in [2.05, 4.69) is 31.4 Å². The lowest BCUT2D eigenvalue weighted by Gasteiger charge is -2.80. The molecular weight excluding hydrogens is 1280 g/mol. The average Bonchev–Trinajstić information content (AvgIpc) is 0.634. The number of hydrogen-bond donors (Lipinski definition) is 16. The summed E-state index contributed by atoms with van der Waals surface area (Å²) < 4.78 is 48.0. The van der Waals surface area contributed by atoms with Gasteiger partial charge in [0.15, 0.2) is 25.0 Å². The summed E-state index contributed by atoms with van der Waals surface area (Å²) in [6.45, 7) is 23.0. The quantitative estimate of drug-likeness (QED) is 0.0247. The molecule has 15 unspecified atom stereocenters. The van der Waals surface area contributed by atoms with E-state index in [0.29, 0.717) is 44.9 Å². The average molecular weight is 1400 g/mol. The number of rotatable bonds is 31. The first-order chi connectivity index (χ1) is 45.9. The maximum Gasteiger partial charge on any atom is 0.317 e. The minimum atomic E-state index is -2.05. The van der Waals surface area contributed by atoms with E-state index in [-0.39, 0.29) is 60.7 Å². The largest absolute Gasteiger partial charge is 0.432 e. The van der Waals surface area contributed by atoms with Crippen molar-refractivity contribution in [1.29, 1.82) is 0 Å². The van der Waals surface area contributed by atoms with Crippen LogP contribution in [0.5, 0.6) is 0 Å². The molecular formula is C70H118N2O26. The van der Waals surface area contributed by atoms with E-state index in [1.165, 1.54) is 12.5 Å². The predicted molar refractivity (Wildman–Crippen MR) is 347 cm³/mol. The molecule has 0 aromatic heterocycles. The Bertz CT molecular complexity index is 2730. The fourth-order valence-electron chi connectivity index (χ4n) is 18.6. The number of aliphatic hydroxyl groups excluding tert-OH is 14. The fraction of sp³-hybridized carbons (Fsp3) is 0.914. The number of fused-ring (bicyclic) bond motifs is 1. The van der Waals surface area contributed by atoms with Crippen LogP contribution in [-0.4, -0.2) is 262 Å². The highest BCUT2D eigenvalue weighted by molar-refractivity contribution is 5.81. The number of ether oxygens (including phenoxy) is 8. The van der Waals surface area contributed by atoms with E-state index < -0.39 is 225 Å². The number of amides is 2. The van der Waals surface area contributed by atoms with Gasteiger partial charge in [0, 0.05) is 23.3 Å². The van der Waals surface area contributed by atoms with E-state index in [1.54, 1.807) is 0 Å². The second-order valence-electron chi connectivity index (χ2n) is 31.6. The third-order valence-electron chi connectivity index (χ3n) is 25.0. The Kier molecular flexibility index (Phi) is 26.5. The number of hydrogen-bond acceptors (Lipinski definition) is 26. The van der Waals surface area contributed by atoms with Gasteiger partial charge < -0.3 is 125 Å². The summed E-state index contributed by atoms with van der Waals surface area (Å²) in [5.74, 6) is -3.54. The topological polar surface area (TPSA) is 449 Å². The Morgan fingerprint density at radius 1 is 0.714 bits per heavy atom. The van der Waals surface area contributed by atoms with Crippen molar-refractivity contribution in [2.24, 2.45) is 62.6 Å². The van der Waals surface area contributed by atoms with E-state index in [4.69, 9.17) is 37.9 Å². The number of allylic oxidation sites excluding steroid dienone is 2. The van der Waals surface area contributed by atoms with E-state index in [1.807, 2.05) is 62.3 Å². The van der Waals surface area contributed by atoms with Crippen LogP contribution < -0.4 is 10.6 Å². The van der Waals surface area contributed by atoms with Gasteiger partial charge in [0.1, 0.15) is 78.8 Å². The second-order valence-corrected chi connectivity index (χ2v) is 31.6. The molecule has 1 spiro atoms. The van der Waals surface area contributed by atoms with Crippen LogP contribution in [0.15, 0.2) is 11.1 Å². The van der Waals surface area contributed by atoms with Crippen molar-refractivity contribution in [3.05, 3.63) is 11.1 Å². The molecule has 2 amide bonds. The molecule has 4 saturated heterocycles. The van der Waals surface area contributed by atoms with Gasteiger partial charge in [0.05, 0.1) is 80.7 Å². The van der Waals surface area contributed by atoms with Gasteiger partial charge in [0.25, 0.3) is 0 Å². The lowest BCUT2D eigenvalue weighted by atomic mass is 9.23. The molecule has 7 fully saturated rings. The zero-order valence-corrected chi connectivity index (χ0v) is 59.4. The van der Waals surface area contributed by atoms with Crippen molar-refractivity contribution in [3.63, 3.8) is 0 Å². The van der Waals surface area contributed by atoms with Gasteiger partial charge in [-0.2, -0.15) is 0 Å². The molecule has 4 aliphatic heterocycles.